The molecule has 2 heterocycles. The summed E-state index contributed by atoms with van der Waals surface area (Å²) in [5, 5.41) is 0. The molecule has 0 saturated carbocycles. The van der Waals surface area contributed by atoms with Crippen LogP contribution in [0.4, 0.5) is 0 Å². The van der Waals surface area contributed by atoms with Crippen molar-refractivity contribution >= 4 is 6.29 Å². The molecule has 0 unspecified atom stereocenters. The maximum atomic E-state index is 10.3. The fourth-order valence-corrected chi connectivity index (χ4v) is 0.949. The van der Waals surface area contributed by atoms with E-state index in [1.807, 2.05) is 0 Å². The van der Waals surface area contributed by atoms with Crippen LogP contribution in [0, 0.1) is 0 Å². The molecular weight excluding hydrogens is 168 g/mol. The zero-order chi connectivity index (χ0) is 9.10. The van der Waals surface area contributed by atoms with Crippen LogP contribution in [0.25, 0.3) is 5.82 Å². The summed E-state index contributed by atoms with van der Waals surface area (Å²) >= 11 is 0. The predicted molar refractivity (Wildman–Crippen MR) is 44.5 cm³/mol. The Kier molecular flexibility index (Phi) is 1.84. The van der Waals surface area contributed by atoms with Crippen LogP contribution >= 0.6 is 0 Å². The van der Waals surface area contributed by atoms with Gasteiger partial charge in [0.05, 0.1) is 6.20 Å². The van der Waals surface area contributed by atoms with E-state index >= 15 is 0 Å². The highest BCUT2D eigenvalue weighted by molar-refractivity contribution is 5.71. The van der Waals surface area contributed by atoms with Crippen LogP contribution in [-0.4, -0.2) is 25.8 Å². The number of nitrogens with zero attached hydrogens (tertiary/aromatic N) is 4. The summed E-state index contributed by atoms with van der Waals surface area (Å²) in [7, 11) is 0. The summed E-state index contributed by atoms with van der Waals surface area (Å²) in [4.78, 5) is 22.1. The van der Waals surface area contributed by atoms with E-state index in [2.05, 4.69) is 15.0 Å². The molecular formula is C8H6N4O. The molecule has 0 N–H and O–H groups in total. The van der Waals surface area contributed by atoms with Crippen LogP contribution in [-0.2, 0) is 0 Å². The molecule has 0 aliphatic rings. The molecule has 0 atom stereocenters. The fourth-order valence-electron chi connectivity index (χ4n) is 0.949. The van der Waals surface area contributed by atoms with Crippen LogP contribution in [0.5, 0.6) is 0 Å². The number of rotatable bonds is 2. The van der Waals surface area contributed by atoms with Crippen LogP contribution in [0.15, 0.2) is 31.1 Å². The topological polar surface area (TPSA) is 60.7 Å². The van der Waals surface area contributed by atoms with Crippen LogP contribution < -0.4 is 0 Å². The van der Waals surface area contributed by atoms with Crippen molar-refractivity contribution in [1.82, 2.24) is 19.5 Å². The van der Waals surface area contributed by atoms with Crippen molar-refractivity contribution in [2.75, 3.05) is 0 Å². The van der Waals surface area contributed by atoms with Gasteiger partial charge in [-0.3, -0.25) is 14.3 Å². The average Bonchev–Trinajstić information content (AvgIpc) is 2.67. The molecule has 0 spiro atoms. The molecule has 0 radical (unpaired) electrons. The molecule has 5 heteroatoms. The van der Waals surface area contributed by atoms with Crippen molar-refractivity contribution < 1.29 is 4.79 Å². The van der Waals surface area contributed by atoms with Crippen molar-refractivity contribution in [3.8, 4) is 5.82 Å². The second kappa shape index (κ2) is 3.14. The molecule has 13 heavy (non-hydrogen) atoms. The minimum absolute atomic E-state index is 0.380. The van der Waals surface area contributed by atoms with Crippen LogP contribution in [0.1, 0.15) is 10.5 Å². The molecule has 0 aromatic carbocycles. The van der Waals surface area contributed by atoms with E-state index in [-0.39, 0.29) is 0 Å². The molecule has 0 aliphatic carbocycles. The van der Waals surface area contributed by atoms with Crippen molar-refractivity contribution in [2.24, 2.45) is 0 Å². The number of imidazole rings is 1. The van der Waals surface area contributed by atoms with Gasteiger partial charge in [0.15, 0.2) is 12.1 Å². The van der Waals surface area contributed by atoms with E-state index in [4.69, 9.17) is 0 Å². The second-order valence-electron chi connectivity index (χ2n) is 2.39. The zero-order valence-electron chi connectivity index (χ0n) is 6.66. The molecule has 0 bridgehead atoms. The first-order valence-corrected chi connectivity index (χ1v) is 3.66. The van der Waals surface area contributed by atoms with Gasteiger partial charge in [-0.25, -0.2) is 9.97 Å². The second-order valence-corrected chi connectivity index (χ2v) is 2.39. The Morgan fingerprint density at radius 1 is 1.31 bits per heavy atom. The highest BCUT2D eigenvalue weighted by Crippen LogP contribution is 2.01. The SMILES string of the molecule is O=Cc1cn(-c2cnccn2)cn1. The van der Waals surface area contributed by atoms with Crippen molar-refractivity contribution in [3.63, 3.8) is 0 Å². The van der Waals surface area contributed by atoms with Gasteiger partial charge < -0.3 is 0 Å². The lowest BCUT2D eigenvalue weighted by atomic mass is 10.5. The minimum atomic E-state index is 0.380. The summed E-state index contributed by atoms with van der Waals surface area (Å²) in [5.41, 5.74) is 0.380. The number of hydrogen-bond acceptors (Lipinski definition) is 4. The number of hydrogen-bond donors (Lipinski definition) is 0. The van der Waals surface area contributed by atoms with Gasteiger partial charge in [-0.05, 0) is 0 Å². The highest BCUT2D eigenvalue weighted by Gasteiger charge is 1.99. The Morgan fingerprint density at radius 3 is 2.85 bits per heavy atom. The zero-order valence-corrected chi connectivity index (χ0v) is 6.66. The van der Waals surface area contributed by atoms with Gasteiger partial charge in [0.25, 0.3) is 0 Å². The molecule has 0 aliphatic heterocycles. The molecule has 0 fully saturated rings. The predicted octanol–water partition coefficient (Wildman–Crippen LogP) is 0.475. The van der Waals surface area contributed by atoms with E-state index in [0.717, 1.165) is 0 Å². The average molecular weight is 174 g/mol. The maximum Gasteiger partial charge on any atom is 0.170 e. The van der Waals surface area contributed by atoms with Gasteiger partial charge in [0, 0.05) is 18.6 Å². The van der Waals surface area contributed by atoms with Gasteiger partial charge in [0.2, 0.25) is 0 Å². The minimum Gasteiger partial charge on any atom is -0.296 e. The first-order chi connectivity index (χ1) is 6.40. The van der Waals surface area contributed by atoms with Gasteiger partial charge in [-0.1, -0.05) is 0 Å². The molecule has 2 aromatic rings. The number of carbonyl (C=O) groups is 1. The number of aromatic nitrogens is 4. The summed E-state index contributed by atoms with van der Waals surface area (Å²) in [6.45, 7) is 0. The van der Waals surface area contributed by atoms with E-state index in [0.29, 0.717) is 17.8 Å². The Balaban J connectivity index is 2.41. The third-order valence-corrected chi connectivity index (χ3v) is 1.54. The summed E-state index contributed by atoms with van der Waals surface area (Å²) < 4.78 is 1.64. The molecule has 2 rings (SSSR count). The number of carbonyl (C=O) groups excluding carboxylic acids is 1. The lowest BCUT2D eigenvalue weighted by Crippen LogP contribution is -1.93. The first kappa shape index (κ1) is 7.60. The third-order valence-electron chi connectivity index (χ3n) is 1.54. The Morgan fingerprint density at radius 2 is 2.23 bits per heavy atom. The Bertz CT molecular complexity index is 409. The Hall–Kier alpha value is -2.04. The monoisotopic (exact) mass is 174 g/mol. The largest absolute Gasteiger partial charge is 0.296 e. The van der Waals surface area contributed by atoms with Gasteiger partial charge in [-0.2, -0.15) is 0 Å². The summed E-state index contributed by atoms with van der Waals surface area (Å²) in [6, 6.07) is 0. The van der Waals surface area contributed by atoms with Crippen molar-refractivity contribution in [2.45, 2.75) is 0 Å². The smallest absolute Gasteiger partial charge is 0.170 e. The van der Waals surface area contributed by atoms with Crippen molar-refractivity contribution in [1.29, 1.82) is 0 Å². The van der Waals surface area contributed by atoms with Gasteiger partial charge in [0.1, 0.15) is 12.0 Å². The van der Waals surface area contributed by atoms with Crippen LogP contribution in [0.3, 0.4) is 0 Å². The van der Waals surface area contributed by atoms with Gasteiger partial charge >= 0.3 is 0 Å². The lowest BCUT2D eigenvalue weighted by Gasteiger charge is -1.96. The quantitative estimate of drug-likeness (QED) is 0.621. The first-order valence-electron chi connectivity index (χ1n) is 3.66. The van der Waals surface area contributed by atoms with Crippen LogP contribution in [0.2, 0.25) is 0 Å². The highest BCUT2D eigenvalue weighted by atomic mass is 16.1. The molecule has 0 amide bonds. The third kappa shape index (κ3) is 1.44. The van der Waals surface area contributed by atoms with Gasteiger partial charge in [-0.15, -0.1) is 0 Å². The molecule has 64 valence electrons. The van der Waals surface area contributed by atoms with Crippen molar-refractivity contribution in [3.05, 3.63) is 36.8 Å². The lowest BCUT2D eigenvalue weighted by molar-refractivity contribution is 0.111. The fraction of sp³-hybridized carbons (Fsp3) is 0. The summed E-state index contributed by atoms with van der Waals surface area (Å²) in [5.74, 6) is 0.642. The summed E-state index contributed by atoms with van der Waals surface area (Å²) in [6.07, 6.45) is 8.56. The normalized spacial score (nSPS) is 9.85. The molecule has 0 saturated heterocycles. The van der Waals surface area contributed by atoms with E-state index < -0.39 is 0 Å². The van der Waals surface area contributed by atoms with E-state index in [1.54, 1.807) is 29.4 Å². The molecule has 2 aromatic heterocycles. The Labute approximate surface area is 74.1 Å². The number of aldehydes is 1. The molecule has 5 nitrogen and oxygen atoms in total. The van der Waals surface area contributed by atoms with E-state index in [9.17, 15) is 4.79 Å². The maximum absolute atomic E-state index is 10.3. The standard InChI is InChI=1S/C8H6N4O/c13-5-7-4-12(6-11-7)8-3-9-1-2-10-8/h1-6H. The van der Waals surface area contributed by atoms with E-state index in [1.165, 1.54) is 6.33 Å².